The van der Waals surface area contributed by atoms with Crippen molar-refractivity contribution < 1.29 is 9.72 Å². The van der Waals surface area contributed by atoms with Gasteiger partial charge in [-0.3, -0.25) is 9.69 Å². The molecule has 0 aromatic carbocycles. The van der Waals surface area contributed by atoms with Gasteiger partial charge in [-0.1, -0.05) is 0 Å². The molecule has 5 rings (SSSR count). The van der Waals surface area contributed by atoms with Crippen LogP contribution in [-0.2, 0) is 4.74 Å². The van der Waals surface area contributed by atoms with E-state index in [4.69, 9.17) is 4.74 Å². The Morgan fingerprint density at radius 3 is 2.89 bits per heavy atom. The Balaban J connectivity index is 1.41. The molecule has 1 atom stereocenters. The van der Waals surface area contributed by atoms with Crippen molar-refractivity contribution in [3.8, 4) is 0 Å². The van der Waals surface area contributed by atoms with Crippen molar-refractivity contribution in [2.24, 2.45) is 0 Å². The minimum absolute atomic E-state index is 0.0627. The predicted octanol–water partition coefficient (Wildman–Crippen LogP) is 2.96. The molecule has 0 spiro atoms. The van der Waals surface area contributed by atoms with Crippen LogP contribution in [0.25, 0.3) is 21.9 Å². The Bertz CT molecular complexity index is 1080. The van der Waals surface area contributed by atoms with Gasteiger partial charge in [-0.05, 0) is 40.9 Å². The molecule has 0 saturated carbocycles. The summed E-state index contributed by atoms with van der Waals surface area (Å²) in [5, 5.41) is 1.96. The molecular weight excluding hydrogens is 408 g/mol. The fourth-order valence-electron chi connectivity index (χ4n) is 4.29. The number of fused-ring (bicyclic) bond motifs is 3. The van der Waals surface area contributed by atoms with Crippen LogP contribution in [0.4, 0.5) is 0 Å². The van der Waals surface area contributed by atoms with Crippen LogP contribution in [0.1, 0.15) is 25.3 Å². The summed E-state index contributed by atoms with van der Waals surface area (Å²) in [7, 11) is 0. The van der Waals surface area contributed by atoms with Gasteiger partial charge < -0.3 is 9.30 Å². The molecule has 1 unspecified atom stereocenters. The van der Waals surface area contributed by atoms with Gasteiger partial charge in [-0.25, -0.2) is 9.97 Å². The average Bonchev–Trinajstić information content (AvgIpc) is 3.31. The van der Waals surface area contributed by atoms with Gasteiger partial charge in [0.1, 0.15) is 12.0 Å². The summed E-state index contributed by atoms with van der Waals surface area (Å²) in [6, 6.07) is 4.13. The van der Waals surface area contributed by atoms with E-state index in [9.17, 15) is 4.79 Å². The van der Waals surface area contributed by atoms with Gasteiger partial charge in [0.05, 0.1) is 29.0 Å². The standard InChI is InChI=1S/C20H21BrN4O2/c21-18-2-1-14(27-18)12-24-8-4-13(5-9-24)25-10-6-17(26)16-11-23-20-15(19(16)25)3-7-22-20/h1,3,6-7,10-11,13,18H,2,4-5,8-9,12H2,(H,22,23)/p+1. The van der Waals surface area contributed by atoms with E-state index in [0.717, 1.165) is 66.6 Å². The Labute approximate surface area is 165 Å². The quantitative estimate of drug-likeness (QED) is 0.650. The number of hydrogen-bond acceptors (Lipinski definition) is 3. The average molecular weight is 430 g/mol. The fraction of sp³-hybridized carbons (Fsp3) is 0.400. The maximum absolute atomic E-state index is 12.4. The van der Waals surface area contributed by atoms with Gasteiger partial charge in [0.15, 0.2) is 10.4 Å². The lowest BCUT2D eigenvalue weighted by Crippen LogP contribution is -2.36. The molecule has 27 heavy (non-hydrogen) atoms. The largest absolute Gasteiger partial charge is 0.482 e. The van der Waals surface area contributed by atoms with Crippen LogP contribution in [0.15, 0.2) is 47.4 Å². The van der Waals surface area contributed by atoms with Gasteiger partial charge in [0, 0.05) is 37.8 Å². The predicted molar refractivity (Wildman–Crippen MR) is 108 cm³/mol. The van der Waals surface area contributed by atoms with E-state index >= 15 is 0 Å². The number of likely N-dealkylation sites (tertiary alicyclic amines) is 1. The Hall–Kier alpha value is -2.12. The Morgan fingerprint density at radius 2 is 2.11 bits per heavy atom. The Kier molecular flexibility index (Phi) is 4.28. The number of piperidine rings is 1. The van der Waals surface area contributed by atoms with Crippen molar-refractivity contribution in [1.82, 2.24) is 14.5 Å². The molecule has 5 heterocycles. The summed E-state index contributed by atoms with van der Waals surface area (Å²) >= 11 is 3.50. The highest BCUT2D eigenvalue weighted by Gasteiger charge is 2.25. The van der Waals surface area contributed by atoms with Crippen LogP contribution in [0.2, 0.25) is 0 Å². The Morgan fingerprint density at radius 1 is 1.26 bits per heavy atom. The zero-order valence-corrected chi connectivity index (χ0v) is 16.5. The number of rotatable bonds is 3. The van der Waals surface area contributed by atoms with Crippen LogP contribution < -0.4 is 10.4 Å². The number of hydrogen-bond donors (Lipinski definition) is 1. The van der Waals surface area contributed by atoms with E-state index in [1.807, 2.05) is 24.7 Å². The third-order valence-electron chi connectivity index (χ3n) is 5.67. The number of nitrogens with zero attached hydrogens (tertiary/aromatic N) is 2. The lowest BCUT2D eigenvalue weighted by atomic mass is 10.0. The molecule has 1 saturated heterocycles. The lowest BCUT2D eigenvalue weighted by molar-refractivity contribution is -0.345. The summed E-state index contributed by atoms with van der Waals surface area (Å²) in [6.07, 6.45) is 11.0. The number of aromatic nitrogens is 3. The van der Waals surface area contributed by atoms with Crippen LogP contribution in [0.3, 0.4) is 0 Å². The van der Waals surface area contributed by atoms with Crippen molar-refractivity contribution in [1.29, 1.82) is 0 Å². The third kappa shape index (κ3) is 3.08. The second-order valence-electron chi connectivity index (χ2n) is 7.35. The second-order valence-corrected chi connectivity index (χ2v) is 8.37. The summed E-state index contributed by atoms with van der Waals surface area (Å²) in [5.41, 5.74) is 2.04. The molecular formula is C20H22BrN4O2+. The maximum Gasteiger partial charge on any atom is 0.286 e. The van der Waals surface area contributed by atoms with Crippen molar-refractivity contribution in [3.05, 3.63) is 52.8 Å². The summed E-state index contributed by atoms with van der Waals surface area (Å²) in [4.78, 5) is 21.2. The van der Waals surface area contributed by atoms with Gasteiger partial charge in [0.2, 0.25) is 0 Å². The summed E-state index contributed by atoms with van der Waals surface area (Å²) < 4.78 is 8.08. The van der Waals surface area contributed by atoms with Gasteiger partial charge in [-0.15, -0.1) is 0 Å². The topological polar surface area (TPSA) is 64.4 Å². The molecule has 1 fully saturated rings. The second kappa shape index (κ2) is 6.80. The lowest BCUT2D eigenvalue weighted by Gasteiger charge is -2.33. The van der Waals surface area contributed by atoms with Crippen LogP contribution in [0.5, 0.6) is 0 Å². The maximum atomic E-state index is 12.4. The highest BCUT2D eigenvalue weighted by molar-refractivity contribution is 9.09. The van der Waals surface area contributed by atoms with E-state index in [2.05, 4.69) is 41.4 Å². The highest BCUT2D eigenvalue weighted by Crippen LogP contribution is 2.29. The smallest absolute Gasteiger partial charge is 0.286 e. The highest BCUT2D eigenvalue weighted by atomic mass is 79.9. The molecule has 2 N–H and O–H groups in total. The van der Waals surface area contributed by atoms with Crippen molar-refractivity contribution in [2.45, 2.75) is 30.3 Å². The first kappa shape index (κ1) is 17.0. The first-order chi connectivity index (χ1) is 13.2. The zero-order chi connectivity index (χ0) is 18.4. The van der Waals surface area contributed by atoms with Crippen molar-refractivity contribution >= 4 is 37.9 Å². The van der Waals surface area contributed by atoms with E-state index in [0.29, 0.717) is 6.04 Å². The van der Waals surface area contributed by atoms with Gasteiger partial charge >= 0.3 is 0 Å². The molecule has 0 amide bonds. The normalized spacial score (nSPS) is 21.7. The molecule has 0 bridgehead atoms. The number of ether oxygens (including phenoxy) is 1. The summed E-state index contributed by atoms with van der Waals surface area (Å²) in [5.74, 6) is 1.08. The number of nitrogens with one attached hydrogen (secondary N) is 2. The molecule has 6 nitrogen and oxygen atoms in total. The van der Waals surface area contributed by atoms with Crippen molar-refractivity contribution in [3.63, 3.8) is 0 Å². The van der Waals surface area contributed by atoms with Gasteiger partial charge in [-0.2, -0.15) is 0 Å². The molecule has 2 aliphatic heterocycles. The molecule has 3 aromatic rings. The molecule has 0 aliphatic carbocycles. The minimum Gasteiger partial charge on any atom is -0.482 e. The zero-order valence-electron chi connectivity index (χ0n) is 15.0. The fourth-order valence-corrected chi connectivity index (χ4v) is 4.72. The number of aromatic amines is 2. The van der Waals surface area contributed by atoms with E-state index < -0.39 is 0 Å². The molecule has 0 radical (unpaired) electrons. The van der Waals surface area contributed by atoms with Crippen LogP contribution in [-0.4, -0.2) is 39.1 Å². The molecule has 7 heteroatoms. The third-order valence-corrected chi connectivity index (χ3v) is 6.23. The number of alkyl halides is 1. The summed E-state index contributed by atoms with van der Waals surface area (Å²) in [6.45, 7) is 2.94. The van der Waals surface area contributed by atoms with E-state index in [1.165, 1.54) is 0 Å². The minimum atomic E-state index is 0.0627. The monoisotopic (exact) mass is 429 g/mol. The van der Waals surface area contributed by atoms with E-state index in [1.54, 1.807) is 6.07 Å². The molecule has 3 aromatic heterocycles. The van der Waals surface area contributed by atoms with Gasteiger partial charge in [0.25, 0.3) is 5.65 Å². The van der Waals surface area contributed by atoms with E-state index in [-0.39, 0.29) is 10.4 Å². The molecule has 140 valence electrons. The first-order valence-electron chi connectivity index (χ1n) is 9.44. The SMILES string of the molecule is O=c1ccn(C2CCN(CC3=CCC(Br)O3)CC2)c2c1c[nH+]c1[nH]ccc12. The number of pyridine rings is 2. The van der Waals surface area contributed by atoms with Crippen LogP contribution >= 0.6 is 15.9 Å². The number of halogens is 1. The first-order valence-corrected chi connectivity index (χ1v) is 10.4. The molecule has 2 aliphatic rings. The number of H-pyrrole nitrogens is 2. The van der Waals surface area contributed by atoms with Crippen LogP contribution in [0, 0.1) is 0 Å². The van der Waals surface area contributed by atoms with Crippen molar-refractivity contribution in [2.75, 3.05) is 19.6 Å².